The van der Waals surface area contributed by atoms with E-state index in [1.165, 1.54) is 6.07 Å². The van der Waals surface area contributed by atoms with E-state index in [-0.39, 0.29) is 11.8 Å². The summed E-state index contributed by atoms with van der Waals surface area (Å²) >= 11 is 0. The Morgan fingerprint density at radius 2 is 1.59 bits per heavy atom. The van der Waals surface area contributed by atoms with Crippen molar-refractivity contribution >= 4 is 5.69 Å². The lowest BCUT2D eigenvalue weighted by Gasteiger charge is -1.98. The molecule has 0 amide bonds. The standard InChI is InChI=1S/C6H5F2N.C5H12O.C4H10O.C2H2/c7-5-2-1-4(9)3-6(5)8;1-3-5(6)4-2;1-2-3-4-5;1-2/h1-3H,9H2;5-6H,3-4H2,1-2H3;5H,2-4H2,1H3;1-2H. The summed E-state index contributed by atoms with van der Waals surface area (Å²) in [5.41, 5.74) is 5.35. The number of halogens is 2. The van der Waals surface area contributed by atoms with E-state index in [9.17, 15) is 8.78 Å². The van der Waals surface area contributed by atoms with Crippen LogP contribution in [0.4, 0.5) is 14.5 Å². The van der Waals surface area contributed by atoms with E-state index in [4.69, 9.17) is 15.9 Å². The van der Waals surface area contributed by atoms with Gasteiger partial charge in [-0.25, -0.2) is 8.78 Å². The molecule has 4 N–H and O–H groups in total. The molecule has 0 fully saturated rings. The van der Waals surface area contributed by atoms with Crippen molar-refractivity contribution in [3.05, 3.63) is 29.8 Å². The van der Waals surface area contributed by atoms with Crippen molar-refractivity contribution < 1.29 is 19.0 Å². The van der Waals surface area contributed by atoms with Gasteiger partial charge in [0, 0.05) is 12.3 Å². The molecule has 1 aromatic carbocycles. The van der Waals surface area contributed by atoms with Crippen LogP contribution in [0.15, 0.2) is 18.2 Å². The lowest BCUT2D eigenvalue weighted by atomic mass is 10.2. The fourth-order valence-corrected chi connectivity index (χ4v) is 0.959. The molecule has 0 saturated carbocycles. The van der Waals surface area contributed by atoms with Gasteiger partial charge in [0.15, 0.2) is 11.6 Å². The van der Waals surface area contributed by atoms with Crippen LogP contribution in [0.5, 0.6) is 0 Å². The number of nitrogens with two attached hydrogens (primary N) is 1. The largest absolute Gasteiger partial charge is 0.399 e. The SMILES string of the molecule is C#C.CCC(O)CC.CCCCO.Nc1ccc(F)c(F)c1. The van der Waals surface area contributed by atoms with Crippen LogP contribution in [-0.2, 0) is 0 Å². The van der Waals surface area contributed by atoms with Crippen molar-refractivity contribution in [3.63, 3.8) is 0 Å². The molecular weight excluding hydrogens is 288 g/mol. The van der Waals surface area contributed by atoms with E-state index in [2.05, 4.69) is 19.8 Å². The van der Waals surface area contributed by atoms with Crippen molar-refractivity contribution in [1.82, 2.24) is 0 Å². The molecule has 0 aromatic heterocycles. The molecular formula is C17H29F2NO2. The molecule has 0 aliphatic rings. The predicted octanol–water partition coefficient (Wildman–Crippen LogP) is 3.74. The van der Waals surface area contributed by atoms with Gasteiger partial charge in [-0.2, -0.15) is 0 Å². The average Bonchev–Trinajstić information content (AvgIpc) is 2.54. The zero-order valence-corrected chi connectivity index (χ0v) is 13.7. The van der Waals surface area contributed by atoms with Gasteiger partial charge in [0.25, 0.3) is 0 Å². The number of nitrogen functional groups attached to an aromatic ring is 1. The van der Waals surface area contributed by atoms with Gasteiger partial charge in [0.1, 0.15) is 0 Å². The van der Waals surface area contributed by atoms with Gasteiger partial charge in [-0.15, -0.1) is 12.8 Å². The molecule has 0 atom stereocenters. The zero-order valence-electron chi connectivity index (χ0n) is 13.7. The van der Waals surface area contributed by atoms with Gasteiger partial charge >= 0.3 is 0 Å². The second-order valence-electron chi connectivity index (χ2n) is 4.22. The Balaban J connectivity index is -0.000000245. The topological polar surface area (TPSA) is 66.5 Å². The fourth-order valence-electron chi connectivity index (χ4n) is 0.959. The van der Waals surface area contributed by atoms with Gasteiger partial charge < -0.3 is 15.9 Å². The van der Waals surface area contributed by atoms with E-state index in [1.54, 1.807) is 0 Å². The number of hydrogen-bond acceptors (Lipinski definition) is 3. The van der Waals surface area contributed by atoms with Crippen molar-refractivity contribution in [1.29, 1.82) is 0 Å². The summed E-state index contributed by atoms with van der Waals surface area (Å²) in [5.74, 6) is -1.78. The van der Waals surface area contributed by atoms with Crippen LogP contribution in [0.25, 0.3) is 0 Å². The first-order valence-corrected chi connectivity index (χ1v) is 7.25. The molecule has 3 nitrogen and oxygen atoms in total. The van der Waals surface area contributed by atoms with E-state index in [0.29, 0.717) is 6.61 Å². The quantitative estimate of drug-likeness (QED) is 0.585. The molecule has 1 rings (SSSR count). The third kappa shape index (κ3) is 18.4. The van der Waals surface area contributed by atoms with Crippen LogP contribution in [0, 0.1) is 24.5 Å². The van der Waals surface area contributed by atoms with Crippen LogP contribution in [0.1, 0.15) is 46.5 Å². The van der Waals surface area contributed by atoms with E-state index < -0.39 is 11.6 Å². The first-order chi connectivity index (χ1) is 10.4. The van der Waals surface area contributed by atoms with E-state index in [0.717, 1.165) is 37.8 Å². The number of anilines is 1. The zero-order chi connectivity index (χ0) is 18.0. The summed E-state index contributed by atoms with van der Waals surface area (Å²) in [6.45, 7) is 6.36. The van der Waals surface area contributed by atoms with Gasteiger partial charge in [0.05, 0.1) is 6.10 Å². The minimum Gasteiger partial charge on any atom is -0.399 e. The normalized spacial score (nSPS) is 8.64. The Hall–Kier alpha value is -1.64. The number of hydrogen-bond donors (Lipinski definition) is 3. The molecule has 0 spiro atoms. The maximum Gasteiger partial charge on any atom is 0.160 e. The molecule has 0 unspecified atom stereocenters. The van der Waals surface area contributed by atoms with Crippen LogP contribution in [0.3, 0.4) is 0 Å². The van der Waals surface area contributed by atoms with Gasteiger partial charge in [-0.3, -0.25) is 0 Å². The summed E-state index contributed by atoms with van der Waals surface area (Å²) in [6.07, 6.45) is 11.7. The molecule has 22 heavy (non-hydrogen) atoms. The summed E-state index contributed by atoms with van der Waals surface area (Å²) in [6, 6.07) is 3.23. The number of terminal acetylenes is 1. The smallest absolute Gasteiger partial charge is 0.160 e. The lowest BCUT2D eigenvalue weighted by Crippen LogP contribution is -1.99. The summed E-state index contributed by atoms with van der Waals surface area (Å²) in [4.78, 5) is 0. The Kier molecular flexibility index (Phi) is 22.3. The van der Waals surface area contributed by atoms with Gasteiger partial charge in [-0.05, 0) is 37.5 Å². The number of unbranched alkanes of at least 4 members (excludes halogenated alkanes) is 1. The van der Waals surface area contributed by atoms with Crippen LogP contribution in [-0.4, -0.2) is 22.9 Å². The number of rotatable bonds is 4. The molecule has 0 saturated heterocycles. The van der Waals surface area contributed by atoms with E-state index >= 15 is 0 Å². The Labute approximate surface area is 133 Å². The number of aliphatic hydroxyl groups is 2. The second kappa shape index (κ2) is 19.4. The summed E-state index contributed by atoms with van der Waals surface area (Å²) < 4.78 is 24.2. The van der Waals surface area contributed by atoms with E-state index in [1.807, 2.05) is 13.8 Å². The van der Waals surface area contributed by atoms with Gasteiger partial charge in [-0.1, -0.05) is 27.2 Å². The Morgan fingerprint density at radius 3 is 1.77 bits per heavy atom. The molecule has 0 radical (unpaired) electrons. The lowest BCUT2D eigenvalue weighted by molar-refractivity contribution is 0.166. The molecule has 0 aliphatic heterocycles. The van der Waals surface area contributed by atoms with Crippen molar-refractivity contribution in [2.45, 2.75) is 52.6 Å². The Morgan fingerprint density at radius 1 is 1.09 bits per heavy atom. The minimum atomic E-state index is -0.907. The summed E-state index contributed by atoms with van der Waals surface area (Å²) in [5, 5.41) is 16.7. The first-order valence-electron chi connectivity index (χ1n) is 7.25. The van der Waals surface area contributed by atoms with Crippen LogP contribution in [0.2, 0.25) is 0 Å². The third-order valence-corrected chi connectivity index (χ3v) is 2.40. The highest BCUT2D eigenvalue weighted by Gasteiger charge is 1.97. The summed E-state index contributed by atoms with van der Waals surface area (Å²) in [7, 11) is 0. The monoisotopic (exact) mass is 317 g/mol. The highest BCUT2D eigenvalue weighted by atomic mass is 19.2. The highest BCUT2D eigenvalue weighted by Crippen LogP contribution is 2.08. The van der Waals surface area contributed by atoms with Crippen molar-refractivity contribution in [3.8, 4) is 12.8 Å². The third-order valence-electron chi connectivity index (χ3n) is 2.40. The first kappa shape index (κ1) is 25.3. The number of aliphatic hydroxyl groups excluding tert-OH is 2. The fraction of sp³-hybridized carbons (Fsp3) is 0.529. The minimum absolute atomic E-state index is 0.0648. The number of benzene rings is 1. The molecule has 0 bridgehead atoms. The van der Waals surface area contributed by atoms with Crippen molar-refractivity contribution in [2.75, 3.05) is 12.3 Å². The van der Waals surface area contributed by atoms with Crippen molar-refractivity contribution in [2.24, 2.45) is 0 Å². The Bertz CT molecular complexity index is 365. The molecule has 128 valence electrons. The molecule has 1 aromatic rings. The van der Waals surface area contributed by atoms with Gasteiger partial charge in [0.2, 0.25) is 0 Å². The molecule has 0 heterocycles. The predicted molar refractivity (Wildman–Crippen MR) is 89.2 cm³/mol. The average molecular weight is 317 g/mol. The molecule has 5 heteroatoms. The maximum absolute atomic E-state index is 12.1. The maximum atomic E-state index is 12.1. The van der Waals surface area contributed by atoms with Crippen LogP contribution >= 0.6 is 0 Å². The molecule has 0 aliphatic carbocycles. The second-order valence-corrected chi connectivity index (χ2v) is 4.22. The van der Waals surface area contributed by atoms with Crippen LogP contribution < -0.4 is 5.73 Å². The highest BCUT2D eigenvalue weighted by molar-refractivity contribution is 5.37.